The van der Waals surface area contributed by atoms with Crippen LogP contribution in [0.15, 0.2) is 42.5 Å². The molecule has 0 atom stereocenters. The van der Waals surface area contributed by atoms with Crippen LogP contribution in [0.25, 0.3) is 11.1 Å². The second-order valence-corrected chi connectivity index (χ2v) is 6.27. The molecule has 1 heterocycles. The van der Waals surface area contributed by atoms with Crippen molar-refractivity contribution in [1.29, 1.82) is 0 Å². The third-order valence-electron chi connectivity index (χ3n) is 2.81. The molecule has 0 bridgehead atoms. The number of thiocarbonyl (C=S) groups is 1. The van der Waals surface area contributed by atoms with Crippen LogP contribution in [-0.4, -0.2) is 24.3 Å². The molecule has 1 nitrogen and oxygen atoms in total. The average Bonchev–Trinajstić information content (AvgIpc) is 2.47. The quantitative estimate of drug-likeness (QED) is 0.620. The predicted molar refractivity (Wildman–Crippen MR) is 88.7 cm³/mol. The standard InChI is InChI=1S/C15H15NS2.Al/c1-2-6-13-9-12(10-14(16-13)15(17)18)11-7-4-3-5-8-11;/h3-5,7-10H,2,6H2,1H3,(H,17,18);/q;+1/p-1. The summed E-state index contributed by atoms with van der Waals surface area (Å²) in [6.45, 7) is 2.17. The first-order valence-electron chi connectivity index (χ1n) is 6.22. The van der Waals surface area contributed by atoms with E-state index in [0.717, 1.165) is 28.4 Å². The fourth-order valence-corrected chi connectivity index (χ4v) is 2.63. The van der Waals surface area contributed by atoms with Crippen LogP contribution in [0.4, 0.5) is 0 Å². The van der Waals surface area contributed by atoms with Gasteiger partial charge in [-0.2, -0.15) is 0 Å². The lowest BCUT2D eigenvalue weighted by atomic mass is 10.0. The maximum Gasteiger partial charge on any atom is 0.243 e. The van der Waals surface area contributed by atoms with E-state index in [0.29, 0.717) is 0 Å². The van der Waals surface area contributed by atoms with Gasteiger partial charge in [-0.25, -0.2) is 10.1 Å². The van der Waals surface area contributed by atoms with Crippen molar-refractivity contribution in [2.24, 2.45) is 0 Å². The molecular weight excluding hydrogens is 285 g/mol. The van der Waals surface area contributed by atoms with Gasteiger partial charge in [-0.15, -0.1) is 0 Å². The summed E-state index contributed by atoms with van der Waals surface area (Å²) in [5.74, 6) is 0. The highest BCUT2D eigenvalue weighted by atomic mass is 32.3. The third kappa shape index (κ3) is 3.90. The third-order valence-corrected chi connectivity index (χ3v) is 4.95. The molecule has 0 spiro atoms. The fraction of sp³-hybridized carbons (Fsp3) is 0.200. The SMILES string of the molecule is CCCc1cc(-c2ccccc2)cc(C(=S)[S][Al])n1. The van der Waals surface area contributed by atoms with Crippen molar-refractivity contribution < 1.29 is 0 Å². The van der Waals surface area contributed by atoms with E-state index in [1.54, 1.807) is 0 Å². The number of aryl methyl sites for hydroxylation is 1. The zero-order valence-electron chi connectivity index (χ0n) is 10.8. The molecule has 0 saturated carbocycles. The molecule has 2 aromatic rings. The van der Waals surface area contributed by atoms with E-state index in [1.165, 1.54) is 21.3 Å². The van der Waals surface area contributed by atoms with Gasteiger partial charge in [-0.1, -0.05) is 55.9 Å². The number of rotatable bonds is 4. The van der Waals surface area contributed by atoms with E-state index in [1.807, 2.05) is 6.07 Å². The Kier molecular flexibility index (Phi) is 5.60. The van der Waals surface area contributed by atoms with Gasteiger partial charge in [0.15, 0.2) is 0 Å². The van der Waals surface area contributed by atoms with Gasteiger partial charge in [0.1, 0.15) is 0 Å². The van der Waals surface area contributed by atoms with E-state index in [2.05, 4.69) is 63.5 Å². The van der Waals surface area contributed by atoms with Crippen molar-refractivity contribution in [2.75, 3.05) is 0 Å². The molecule has 0 aliphatic heterocycles. The molecular formula is C15H14AlNS2. The first kappa shape index (κ1) is 14.7. The molecule has 0 saturated heterocycles. The second-order valence-electron chi connectivity index (χ2n) is 4.25. The number of aromatic nitrogens is 1. The first-order chi connectivity index (χ1) is 9.24. The Morgan fingerprint density at radius 3 is 2.58 bits per heavy atom. The maximum absolute atomic E-state index is 5.35. The van der Waals surface area contributed by atoms with Crippen LogP contribution in [0.3, 0.4) is 0 Å². The lowest BCUT2D eigenvalue weighted by Crippen LogP contribution is -2.01. The smallest absolute Gasteiger partial charge is 0.243 e. The normalized spacial score (nSPS) is 10.4. The van der Waals surface area contributed by atoms with Gasteiger partial charge in [-0.05, 0) is 29.7 Å². The molecule has 0 unspecified atom stereocenters. The van der Waals surface area contributed by atoms with Crippen LogP contribution >= 0.6 is 22.3 Å². The van der Waals surface area contributed by atoms with Crippen LogP contribution in [-0.2, 0) is 6.42 Å². The van der Waals surface area contributed by atoms with Crippen molar-refractivity contribution in [3.63, 3.8) is 0 Å². The van der Waals surface area contributed by atoms with Crippen molar-refractivity contribution in [2.45, 2.75) is 19.8 Å². The highest BCUT2D eigenvalue weighted by Crippen LogP contribution is 2.23. The predicted octanol–water partition coefficient (Wildman–Crippen LogP) is 4.19. The molecule has 0 fully saturated rings. The first-order valence-corrected chi connectivity index (χ1v) is 8.92. The summed E-state index contributed by atoms with van der Waals surface area (Å²) in [4.78, 5) is 4.64. The van der Waals surface area contributed by atoms with Crippen molar-refractivity contribution >= 4 is 41.7 Å². The molecule has 94 valence electrons. The van der Waals surface area contributed by atoms with Gasteiger partial charge < -0.3 is 0 Å². The van der Waals surface area contributed by atoms with Crippen LogP contribution in [0.1, 0.15) is 24.7 Å². The Hall–Kier alpha value is -0.658. The Morgan fingerprint density at radius 2 is 1.95 bits per heavy atom. The van der Waals surface area contributed by atoms with E-state index >= 15 is 0 Å². The molecule has 1 aromatic heterocycles. The van der Waals surface area contributed by atoms with Gasteiger partial charge >= 0.3 is 0 Å². The monoisotopic (exact) mass is 299 g/mol. The Bertz CT molecular complexity index is 570. The number of benzene rings is 1. The fourth-order valence-electron chi connectivity index (χ4n) is 1.93. The minimum atomic E-state index is 0.820. The lowest BCUT2D eigenvalue weighted by Gasteiger charge is -2.09. The number of hydrogen-bond acceptors (Lipinski definition) is 3. The molecule has 0 aliphatic rings. The molecule has 0 N–H and O–H groups in total. The van der Waals surface area contributed by atoms with Gasteiger partial charge in [0.05, 0.1) is 9.89 Å². The van der Waals surface area contributed by atoms with Crippen molar-refractivity contribution in [1.82, 2.24) is 4.98 Å². The number of pyridine rings is 1. The van der Waals surface area contributed by atoms with E-state index in [4.69, 9.17) is 12.2 Å². The summed E-state index contributed by atoms with van der Waals surface area (Å²) in [7, 11) is 1.49. The van der Waals surface area contributed by atoms with E-state index < -0.39 is 0 Å². The van der Waals surface area contributed by atoms with Crippen molar-refractivity contribution in [3.05, 3.63) is 53.9 Å². The molecule has 2 radical (unpaired) electrons. The Labute approximate surface area is 131 Å². The Balaban J connectivity index is 2.48. The second kappa shape index (κ2) is 7.21. The molecule has 19 heavy (non-hydrogen) atoms. The van der Waals surface area contributed by atoms with Crippen LogP contribution in [0.2, 0.25) is 0 Å². The summed E-state index contributed by atoms with van der Waals surface area (Å²) in [5.41, 5.74) is 4.41. The number of hydrogen-bond donors (Lipinski definition) is 0. The van der Waals surface area contributed by atoms with Gasteiger partial charge in [0, 0.05) is 5.69 Å². The lowest BCUT2D eigenvalue weighted by molar-refractivity contribution is 0.882. The zero-order valence-corrected chi connectivity index (χ0v) is 13.6. The highest BCUT2D eigenvalue weighted by Gasteiger charge is 2.07. The highest BCUT2D eigenvalue weighted by molar-refractivity contribution is 8.37. The minimum Gasteiger partial charge on any atom is -0.251 e. The summed E-state index contributed by atoms with van der Waals surface area (Å²) in [5, 5.41) is 0. The largest absolute Gasteiger partial charge is 0.251 e. The van der Waals surface area contributed by atoms with Crippen LogP contribution in [0.5, 0.6) is 0 Å². The zero-order chi connectivity index (χ0) is 13.7. The number of nitrogens with zero attached hydrogens (tertiary/aromatic N) is 1. The van der Waals surface area contributed by atoms with Crippen LogP contribution in [0, 0.1) is 0 Å². The maximum atomic E-state index is 5.35. The molecule has 0 aliphatic carbocycles. The van der Waals surface area contributed by atoms with Gasteiger partial charge in [0.2, 0.25) is 15.2 Å². The summed E-state index contributed by atoms with van der Waals surface area (Å²) in [6.07, 6.45) is 2.07. The molecule has 0 amide bonds. The van der Waals surface area contributed by atoms with Gasteiger partial charge in [0.25, 0.3) is 0 Å². The Morgan fingerprint density at radius 1 is 1.21 bits per heavy atom. The van der Waals surface area contributed by atoms with E-state index in [-0.39, 0.29) is 0 Å². The molecule has 2 rings (SSSR count). The summed E-state index contributed by atoms with van der Waals surface area (Å²) >= 11 is 7.95. The molecule has 1 aromatic carbocycles. The summed E-state index contributed by atoms with van der Waals surface area (Å²) in [6, 6.07) is 14.6. The minimum absolute atomic E-state index is 0.820. The van der Waals surface area contributed by atoms with Crippen molar-refractivity contribution in [3.8, 4) is 11.1 Å². The molecule has 4 heteroatoms. The topological polar surface area (TPSA) is 12.9 Å². The van der Waals surface area contributed by atoms with Gasteiger partial charge in [-0.3, -0.25) is 4.98 Å². The van der Waals surface area contributed by atoms with E-state index in [9.17, 15) is 0 Å². The summed E-state index contributed by atoms with van der Waals surface area (Å²) < 4.78 is 0.820. The average molecular weight is 299 g/mol. The van der Waals surface area contributed by atoms with Crippen LogP contribution < -0.4 is 0 Å².